The minimum Gasteiger partial charge on any atom is -0.481 e. The number of aromatic nitrogens is 2. The fraction of sp³-hybridized carbons (Fsp3) is 0.455. The van der Waals surface area contributed by atoms with Gasteiger partial charge in [0.2, 0.25) is 0 Å². The largest absolute Gasteiger partial charge is 0.481 e. The lowest BCUT2D eigenvalue weighted by Gasteiger charge is -2.31. The molecule has 1 aromatic heterocycles. The third-order valence-electron chi connectivity index (χ3n) is 2.85. The number of aliphatic carboxylic acids is 1. The molecule has 6 nitrogen and oxygen atoms in total. The molecular formula is C11H12N4O2. The number of hydrogen-bond acceptors (Lipinski definition) is 5. The minimum absolute atomic E-state index is 0.249. The lowest BCUT2D eigenvalue weighted by Crippen LogP contribution is -2.39. The second-order valence-electron chi connectivity index (χ2n) is 3.96. The van der Waals surface area contributed by atoms with Crippen LogP contribution in [0.4, 0.5) is 5.82 Å². The molecule has 2 rings (SSSR count). The van der Waals surface area contributed by atoms with Gasteiger partial charge in [0.05, 0.1) is 5.92 Å². The summed E-state index contributed by atoms with van der Waals surface area (Å²) in [5, 5.41) is 17.9. The molecule has 1 aliphatic rings. The number of carbonyl (C=O) groups is 1. The van der Waals surface area contributed by atoms with E-state index in [-0.39, 0.29) is 5.69 Å². The zero-order valence-electron chi connectivity index (χ0n) is 9.20. The summed E-state index contributed by atoms with van der Waals surface area (Å²) in [6, 6.07) is 1.97. The molecule has 0 spiro atoms. The van der Waals surface area contributed by atoms with E-state index in [0.29, 0.717) is 18.8 Å². The van der Waals surface area contributed by atoms with E-state index in [2.05, 4.69) is 9.97 Å². The van der Waals surface area contributed by atoms with E-state index in [4.69, 9.17) is 10.4 Å². The maximum Gasteiger partial charge on any atom is 0.308 e. The molecule has 1 N–H and O–H groups in total. The second kappa shape index (κ2) is 4.78. The van der Waals surface area contributed by atoms with Crippen LogP contribution in [0.15, 0.2) is 12.4 Å². The molecule has 17 heavy (non-hydrogen) atoms. The zero-order valence-corrected chi connectivity index (χ0v) is 9.20. The van der Waals surface area contributed by atoms with Crippen LogP contribution >= 0.6 is 0 Å². The van der Waals surface area contributed by atoms with Crippen LogP contribution < -0.4 is 4.90 Å². The molecule has 1 aliphatic heterocycles. The highest BCUT2D eigenvalue weighted by Gasteiger charge is 2.27. The molecule has 0 aliphatic carbocycles. The first kappa shape index (κ1) is 11.3. The maximum absolute atomic E-state index is 11.0. The third-order valence-corrected chi connectivity index (χ3v) is 2.85. The summed E-state index contributed by atoms with van der Waals surface area (Å²) in [6.07, 6.45) is 4.44. The predicted molar refractivity (Wildman–Crippen MR) is 59.3 cm³/mol. The topological polar surface area (TPSA) is 90.1 Å². The van der Waals surface area contributed by atoms with E-state index in [9.17, 15) is 4.79 Å². The monoisotopic (exact) mass is 232 g/mol. The van der Waals surface area contributed by atoms with Gasteiger partial charge in [0.15, 0.2) is 11.5 Å². The van der Waals surface area contributed by atoms with Crippen molar-refractivity contribution in [2.75, 3.05) is 18.0 Å². The first-order valence-corrected chi connectivity index (χ1v) is 5.41. The van der Waals surface area contributed by atoms with Gasteiger partial charge in [-0.3, -0.25) is 4.79 Å². The lowest BCUT2D eigenvalue weighted by molar-refractivity contribution is -0.141. The number of rotatable bonds is 2. The Morgan fingerprint density at radius 2 is 2.29 bits per heavy atom. The number of anilines is 1. The Morgan fingerprint density at radius 1 is 1.53 bits per heavy atom. The van der Waals surface area contributed by atoms with E-state index in [1.54, 1.807) is 0 Å². The molecule has 0 radical (unpaired) electrons. The summed E-state index contributed by atoms with van der Waals surface area (Å²) < 4.78 is 0. The molecule has 1 saturated heterocycles. The van der Waals surface area contributed by atoms with Crippen molar-refractivity contribution in [3.8, 4) is 6.07 Å². The van der Waals surface area contributed by atoms with Gasteiger partial charge < -0.3 is 10.0 Å². The van der Waals surface area contributed by atoms with Gasteiger partial charge >= 0.3 is 5.97 Å². The summed E-state index contributed by atoms with van der Waals surface area (Å²) >= 11 is 0. The van der Waals surface area contributed by atoms with Crippen molar-refractivity contribution in [3.63, 3.8) is 0 Å². The fourth-order valence-corrected chi connectivity index (χ4v) is 2.01. The normalized spacial score (nSPS) is 19.7. The van der Waals surface area contributed by atoms with Crippen molar-refractivity contribution in [3.05, 3.63) is 18.1 Å². The van der Waals surface area contributed by atoms with Crippen LogP contribution in [0.1, 0.15) is 18.5 Å². The lowest BCUT2D eigenvalue weighted by atomic mass is 9.98. The highest BCUT2D eigenvalue weighted by atomic mass is 16.4. The summed E-state index contributed by atoms with van der Waals surface area (Å²) in [7, 11) is 0. The molecule has 0 bridgehead atoms. The van der Waals surface area contributed by atoms with E-state index < -0.39 is 11.9 Å². The molecular weight excluding hydrogens is 220 g/mol. The van der Waals surface area contributed by atoms with Gasteiger partial charge in [0, 0.05) is 25.5 Å². The summed E-state index contributed by atoms with van der Waals surface area (Å²) in [6.45, 7) is 1.11. The molecule has 6 heteroatoms. The van der Waals surface area contributed by atoms with Crippen LogP contribution in [0.3, 0.4) is 0 Å². The Balaban J connectivity index is 2.22. The van der Waals surface area contributed by atoms with Gasteiger partial charge in [-0.05, 0) is 12.8 Å². The number of nitriles is 1. The molecule has 0 amide bonds. The Labute approximate surface area is 98.5 Å². The van der Waals surface area contributed by atoms with Crippen LogP contribution in [-0.4, -0.2) is 34.1 Å². The number of nitrogens with zero attached hydrogens (tertiary/aromatic N) is 4. The van der Waals surface area contributed by atoms with Gasteiger partial charge in [-0.25, -0.2) is 9.97 Å². The standard InChI is InChI=1S/C11H12N4O2/c12-6-9-10(14-4-3-13-9)15-5-1-2-8(7-15)11(16)17/h3-4,8H,1-2,5,7H2,(H,16,17). The van der Waals surface area contributed by atoms with Crippen LogP contribution in [0.2, 0.25) is 0 Å². The smallest absolute Gasteiger partial charge is 0.308 e. The molecule has 1 unspecified atom stereocenters. The van der Waals surface area contributed by atoms with Gasteiger partial charge in [-0.15, -0.1) is 0 Å². The molecule has 1 aromatic rings. The number of piperidine rings is 1. The first-order valence-electron chi connectivity index (χ1n) is 5.41. The second-order valence-corrected chi connectivity index (χ2v) is 3.96. The van der Waals surface area contributed by atoms with Gasteiger partial charge in [0.1, 0.15) is 6.07 Å². The highest BCUT2D eigenvalue weighted by molar-refractivity contribution is 5.71. The van der Waals surface area contributed by atoms with Crippen LogP contribution in [-0.2, 0) is 4.79 Å². The van der Waals surface area contributed by atoms with Crippen molar-refractivity contribution in [2.45, 2.75) is 12.8 Å². The third kappa shape index (κ3) is 2.33. The summed E-state index contributed by atoms with van der Waals surface area (Å²) in [5.74, 6) is -0.699. The van der Waals surface area contributed by atoms with Crippen LogP contribution in [0, 0.1) is 17.2 Å². The average Bonchev–Trinajstić information content (AvgIpc) is 2.39. The quantitative estimate of drug-likeness (QED) is 0.805. The minimum atomic E-state index is -0.794. The molecule has 88 valence electrons. The Kier molecular flexibility index (Phi) is 3.19. The number of hydrogen-bond donors (Lipinski definition) is 1. The molecule has 1 fully saturated rings. The van der Waals surface area contributed by atoms with Gasteiger partial charge in [-0.2, -0.15) is 5.26 Å². The van der Waals surface area contributed by atoms with E-state index in [1.807, 2.05) is 11.0 Å². The van der Waals surface area contributed by atoms with Crippen molar-refractivity contribution < 1.29 is 9.90 Å². The Hall–Kier alpha value is -2.16. The molecule has 1 atom stereocenters. The number of carboxylic acid groups (broad SMARTS) is 1. The zero-order chi connectivity index (χ0) is 12.3. The predicted octanol–water partition coefficient (Wildman–Crippen LogP) is 0.649. The maximum atomic E-state index is 11.0. The first-order chi connectivity index (χ1) is 8.22. The molecule has 0 aromatic carbocycles. The van der Waals surface area contributed by atoms with E-state index >= 15 is 0 Å². The molecule has 0 saturated carbocycles. The van der Waals surface area contributed by atoms with Crippen molar-refractivity contribution in [1.82, 2.24) is 9.97 Å². The van der Waals surface area contributed by atoms with Crippen LogP contribution in [0.5, 0.6) is 0 Å². The Morgan fingerprint density at radius 3 is 3.00 bits per heavy atom. The fourth-order valence-electron chi connectivity index (χ4n) is 2.01. The average molecular weight is 232 g/mol. The van der Waals surface area contributed by atoms with Gasteiger partial charge in [-0.1, -0.05) is 0 Å². The SMILES string of the molecule is N#Cc1nccnc1N1CCCC(C(=O)O)C1. The van der Waals surface area contributed by atoms with E-state index in [0.717, 1.165) is 13.0 Å². The van der Waals surface area contributed by atoms with Gasteiger partial charge in [0.25, 0.3) is 0 Å². The van der Waals surface area contributed by atoms with Crippen molar-refractivity contribution >= 4 is 11.8 Å². The number of carboxylic acids is 1. The van der Waals surface area contributed by atoms with Crippen LogP contribution in [0.25, 0.3) is 0 Å². The van der Waals surface area contributed by atoms with Crippen molar-refractivity contribution in [1.29, 1.82) is 5.26 Å². The summed E-state index contributed by atoms with van der Waals surface area (Å²) in [4.78, 5) is 20.8. The summed E-state index contributed by atoms with van der Waals surface area (Å²) in [5.41, 5.74) is 0.249. The van der Waals surface area contributed by atoms with E-state index in [1.165, 1.54) is 12.4 Å². The Bertz CT molecular complexity index is 469. The molecule has 2 heterocycles. The van der Waals surface area contributed by atoms with Crippen molar-refractivity contribution in [2.24, 2.45) is 5.92 Å². The highest BCUT2D eigenvalue weighted by Crippen LogP contribution is 2.23.